The SMILES string of the molecule is CCCCCCCCCCCCCCCCCC(=O)O[C@H](COC(=O)CCCCCCC)COP(=O)(O)OC[C@H](O)COP(=O)(O)OC[C@@H](COC(=O)CCCCCCCCCCCCCCCCC(C)CC)OC(=O)CCCCCCCCCCCCCCCCCC(C)C. The quantitative estimate of drug-likeness (QED) is 0.0222. The van der Waals surface area contributed by atoms with Gasteiger partial charge in [-0.2, -0.15) is 0 Å². The van der Waals surface area contributed by atoms with Gasteiger partial charge in [-0.25, -0.2) is 9.13 Å². The van der Waals surface area contributed by atoms with Crippen LogP contribution >= 0.6 is 15.6 Å². The fourth-order valence-electron chi connectivity index (χ4n) is 11.8. The topological polar surface area (TPSA) is 237 Å². The molecule has 0 saturated carbocycles. The zero-order chi connectivity index (χ0) is 70.7. The van der Waals surface area contributed by atoms with Crippen LogP contribution in [0.1, 0.15) is 401 Å². The Balaban J connectivity index is 5.14. The molecule has 570 valence electrons. The molecule has 0 rings (SSSR count). The van der Waals surface area contributed by atoms with Crippen molar-refractivity contribution in [1.29, 1.82) is 0 Å². The van der Waals surface area contributed by atoms with Crippen molar-refractivity contribution in [2.75, 3.05) is 39.6 Å². The molecule has 0 aromatic rings. The van der Waals surface area contributed by atoms with E-state index in [1.165, 1.54) is 212 Å². The van der Waals surface area contributed by atoms with E-state index in [1.54, 1.807) is 0 Å². The maximum atomic E-state index is 13.1. The van der Waals surface area contributed by atoms with Gasteiger partial charge in [0.2, 0.25) is 0 Å². The van der Waals surface area contributed by atoms with Gasteiger partial charge in [-0.15, -0.1) is 0 Å². The zero-order valence-corrected chi connectivity index (χ0v) is 64.5. The van der Waals surface area contributed by atoms with Crippen molar-refractivity contribution in [2.45, 2.75) is 419 Å². The van der Waals surface area contributed by atoms with Crippen molar-refractivity contribution >= 4 is 39.5 Å². The number of phosphoric acid groups is 2. The lowest BCUT2D eigenvalue weighted by atomic mass is 9.99. The first-order valence-electron chi connectivity index (χ1n) is 40.0. The normalized spacial score (nSPS) is 14.3. The minimum absolute atomic E-state index is 0.107. The summed E-state index contributed by atoms with van der Waals surface area (Å²) < 4.78 is 68.4. The Kier molecular flexibility index (Phi) is 67.4. The van der Waals surface area contributed by atoms with Crippen LogP contribution in [0.2, 0.25) is 0 Å². The summed E-state index contributed by atoms with van der Waals surface area (Å²) in [6, 6.07) is 0. The van der Waals surface area contributed by atoms with Crippen LogP contribution in [0.5, 0.6) is 0 Å². The Labute approximate surface area is 588 Å². The molecule has 3 N–H and O–H groups in total. The smallest absolute Gasteiger partial charge is 0.462 e. The first-order valence-corrected chi connectivity index (χ1v) is 43.0. The number of hydrogen-bond acceptors (Lipinski definition) is 15. The summed E-state index contributed by atoms with van der Waals surface area (Å²) >= 11 is 0. The molecular formula is C77H150O17P2. The number of aliphatic hydroxyl groups excluding tert-OH is 1. The number of aliphatic hydroxyl groups is 1. The highest BCUT2D eigenvalue weighted by molar-refractivity contribution is 7.47. The summed E-state index contributed by atoms with van der Waals surface area (Å²) in [6.07, 6.45) is 57.2. The Morgan fingerprint density at radius 2 is 0.531 bits per heavy atom. The third kappa shape index (κ3) is 69.2. The van der Waals surface area contributed by atoms with Crippen molar-refractivity contribution in [3.05, 3.63) is 0 Å². The van der Waals surface area contributed by atoms with Crippen molar-refractivity contribution in [3.8, 4) is 0 Å². The highest BCUT2D eigenvalue weighted by atomic mass is 31.2. The molecule has 6 atom stereocenters. The molecule has 0 saturated heterocycles. The maximum Gasteiger partial charge on any atom is 0.472 e. The van der Waals surface area contributed by atoms with Crippen LogP contribution in [0.25, 0.3) is 0 Å². The Hall–Kier alpha value is -1.94. The van der Waals surface area contributed by atoms with Crippen LogP contribution < -0.4 is 0 Å². The maximum absolute atomic E-state index is 13.1. The molecule has 3 unspecified atom stereocenters. The summed E-state index contributed by atoms with van der Waals surface area (Å²) in [5.74, 6) is -0.471. The zero-order valence-electron chi connectivity index (χ0n) is 62.7. The summed E-state index contributed by atoms with van der Waals surface area (Å²) in [4.78, 5) is 72.6. The highest BCUT2D eigenvalue weighted by Crippen LogP contribution is 2.45. The molecule has 0 fully saturated rings. The van der Waals surface area contributed by atoms with E-state index in [9.17, 15) is 43.2 Å². The first-order chi connectivity index (χ1) is 46.4. The van der Waals surface area contributed by atoms with Gasteiger partial charge in [0.1, 0.15) is 19.3 Å². The van der Waals surface area contributed by atoms with Crippen molar-refractivity contribution in [3.63, 3.8) is 0 Å². The molecule has 0 aromatic carbocycles. The second kappa shape index (κ2) is 68.8. The number of phosphoric ester groups is 2. The van der Waals surface area contributed by atoms with Gasteiger partial charge in [-0.1, -0.05) is 350 Å². The van der Waals surface area contributed by atoms with Crippen LogP contribution in [0, 0.1) is 11.8 Å². The molecule has 0 aliphatic heterocycles. The van der Waals surface area contributed by atoms with Gasteiger partial charge in [-0.3, -0.25) is 37.3 Å². The monoisotopic (exact) mass is 1410 g/mol. The minimum atomic E-state index is -4.96. The Morgan fingerprint density at radius 3 is 0.792 bits per heavy atom. The molecule has 96 heavy (non-hydrogen) atoms. The van der Waals surface area contributed by atoms with E-state index in [1.807, 2.05) is 0 Å². The minimum Gasteiger partial charge on any atom is -0.462 e. The lowest BCUT2D eigenvalue weighted by Gasteiger charge is -2.21. The number of rotatable bonds is 76. The summed E-state index contributed by atoms with van der Waals surface area (Å²) in [6.45, 7) is 9.60. The van der Waals surface area contributed by atoms with E-state index in [2.05, 4.69) is 41.5 Å². The third-order valence-corrected chi connectivity index (χ3v) is 20.2. The average molecular weight is 1410 g/mol. The lowest BCUT2D eigenvalue weighted by Crippen LogP contribution is -2.30. The summed E-state index contributed by atoms with van der Waals surface area (Å²) in [5, 5.41) is 10.6. The fourth-order valence-corrected chi connectivity index (χ4v) is 13.4. The van der Waals surface area contributed by atoms with Crippen LogP contribution in [-0.4, -0.2) is 96.7 Å². The van der Waals surface area contributed by atoms with Gasteiger partial charge >= 0.3 is 39.5 Å². The number of ether oxygens (including phenoxy) is 4. The second-order valence-corrected chi connectivity index (χ2v) is 31.4. The molecule has 0 bridgehead atoms. The first kappa shape index (κ1) is 94.1. The lowest BCUT2D eigenvalue weighted by molar-refractivity contribution is -0.161. The molecule has 17 nitrogen and oxygen atoms in total. The predicted octanol–water partition coefficient (Wildman–Crippen LogP) is 22.7. The van der Waals surface area contributed by atoms with E-state index in [4.69, 9.17) is 37.0 Å². The van der Waals surface area contributed by atoms with Gasteiger partial charge in [0, 0.05) is 25.7 Å². The second-order valence-electron chi connectivity index (χ2n) is 28.5. The molecule has 0 heterocycles. The van der Waals surface area contributed by atoms with E-state index < -0.39 is 97.5 Å². The molecule has 0 amide bonds. The number of hydrogen-bond donors (Lipinski definition) is 3. The molecule has 0 aliphatic rings. The van der Waals surface area contributed by atoms with E-state index >= 15 is 0 Å². The van der Waals surface area contributed by atoms with Crippen LogP contribution in [0.4, 0.5) is 0 Å². The van der Waals surface area contributed by atoms with Crippen molar-refractivity contribution in [2.24, 2.45) is 11.8 Å². The summed E-state index contributed by atoms with van der Waals surface area (Å²) in [5.41, 5.74) is 0. The van der Waals surface area contributed by atoms with E-state index in [-0.39, 0.29) is 25.7 Å². The van der Waals surface area contributed by atoms with Gasteiger partial charge in [0.25, 0.3) is 0 Å². The van der Waals surface area contributed by atoms with Crippen molar-refractivity contribution < 1.29 is 80.2 Å². The Bertz CT molecular complexity index is 1860. The Morgan fingerprint density at radius 1 is 0.302 bits per heavy atom. The molecule has 19 heteroatoms. The van der Waals surface area contributed by atoms with Crippen molar-refractivity contribution in [1.82, 2.24) is 0 Å². The number of unbranched alkanes of at least 4 members (excludes halogenated alkanes) is 45. The average Bonchev–Trinajstić information content (AvgIpc) is 1.21. The summed E-state index contributed by atoms with van der Waals surface area (Å²) in [7, 11) is -9.90. The van der Waals surface area contributed by atoms with Gasteiger partial charge < -0.3 is 33.8 Å². The largest absolute Gasteiger partial charge is 0.472 e. The predicted molar refractivity (Wildman–Crippen MR) is 391 cm³/mol. The third-order valence-electron chi connectivity index (χ3n) is 18.3. The van der Waals surface area contributed by atoms with Gasteiger partial charge in [0.15, 0.2) is 12.2 Å². The highest BCUT2D eigenvalue weighted by Gasteiger charge is 2.30. The number of carbonyl (C=O) groups excluding carboxylic acids is 4. The van der Waals surface area contributed by atoms with E-state index in [0.29, 0.717) is 25.7 Å². The van der Waals surface area contributed by atoms with Crippen LogP contribution in [0.15, 0.2) is 0 Å². The fraction of sp³-hybridized carbons (Fsp3) is 0.948. The standard InChI is InChI=1S/C77H150O17P2/c1-7-10-12-14-15-16-17-18-20-28-33-38-43-49-55-61-76(81)93-72(65-87-74(79)59-53-45-13-11-8-2)67-91-95(83,84)89-63-71(78)64-90-96(85,86)92-68-73(94-77(82)62-56-50-44-39-34-29-22-19-21-25-30-35-40-46-51-57-69(4)5)66-88-75(80)60-54-48-42-37-32-27-24-23-26-31-36-41-47-52-58-70(6)9-3/h69-73,78H,7-68H2,1-6H3,(H,83,84)(H,85,86)/t70?,71-,72+,73+/m0/s1. The number of esters is 4. The molecule has 0 spiro atoms. The van der Waals surface area contributed by atoms with E-state index in [0.717, 1.165) is 108 Å². The van der Waals surface area contributed by atoms with Crippen LogP contribution in [-0.2, 0) is 65.4 Å². The molecule has 0 aromatic heterocycles. The molecule has 0 radical (unpaired) electrons. The van der Waals surface area contributed by atoms with Crippen LogP contribution in [0.3, 0.4) is 0 Å². The molecule has 0 aliphatic carbocycles. The molecular weight excluding hydrogens is 1260 g/mol. The van der Waals surface area contributed by atoms with Gasteiger partial charge in [-0.05, 0) is 37.5 Å². The van der Waals surface area contributed by atoms with Gasteiger partial charge in [0.05, 0.1) is 26.4 Å². The number of carbonyl (C=O) groups is 4.